The molecule has 0 amide bonds. The number of ether oxygens (including phenoxy) is 4. The predicted molar refractivity (Wildman–Crippen MR) is 125 cm³/mol. The van der Waals surface area contributed by atoms with Crippen molar-refractivity contribution in [1.29, 1.82) is 0 Å². The van der Waals surface area contributed by atoms with E-state index in [2.05, 4.69) is 4.74 Å². The Bertz CT molecular complexity index is 1190. The van der Waals surface area contributed by atoms with Gasteiger partial charge in [0.2, 0.25) is 12.4 Å². The quantitative estimate of drug-likeness (QED) is 0.138. The zero-order chi connectivity index (χ0) is 25.7. The van der Waals surface area contributed by atoms with Crippen molar-refractivity contribution >= 4 is 29.4 Å². The van der Waals surface area contributed by atoms with Crippen LogP contribution in [-0.2, 0) is 11.2 Å². The maximum atomic E-state index is 12.9. The second-order valence-electron chi connectivity index (χ2n) is 8.13. The van der Waals surface area contributed by atoms with E-state index in [-0.39, 0.29) is 33.7 Å². The lowest BCUT2D eigenvalue weighted by atomic mass is 10.0. The molecule has 2 aromatic carbocycles. The number of rotatable bonds is 10. The van der Waals surface area contributed by atoms with Crippen molar-refractivity contribution in [2.24, 2.45) is 5.92 Å². The Labute approximate surface area is 215 Å². The predicted octanol–water partition coefficient (Wildman–Crippen LogP) is 6.41. The minimum absolute atomic E-state index is 0.0144. The van der Waals surface area contributed by atoms with E-state index in [0.717, 1.165) is 12.8 Å². The number of benzene rings is 2. The van der Waals surface area contributed by atoms with Crippen LogP contribution in [0.4, 0.5) is 13.6 Å². The number of alkyl halides is 2. The summed E-state index contributed by atoms with van der Waals surface area (Å²) in [7, 11) is 0. The molecule has 1 aliphatic rings. The third-order valence-electron chi connectivity index (χ3n) is 5.37. The molecule has 1 N–H and O–H groups in total. The van der Waals surface area contributed by atoms with E-state index >= 15 is 0 Å². The van der Waals surface area contributed by atoms with Crippen LogP contribution >= 0.6 is 23.2 Å². The molecular formula is C25H22Cl2F2NO6+. The number of halogens is 4. The molecule has 1 atom stereocenters. The van der Waals surface area contributed by atoms with Gasteiger partial charge in [-0.3, -0.25) is 5.21 Å². The Hall–Kier alpha value is -3.30. The van der Waals surface area contributed by atoms with Crippen molar-refractivity contribution in [3.05, 3.63) is 82.1 Å². The van der Waals surface area contributed by atoms with Crippen LogP contribution in [0.25, 0.3) is 0 Å². The molecule has 1 heterocycles. The molecule has 0 spiro atoms. The first kappa shape index (κ1) is 25.8. The number of pyridine rings is 1. The largest absolute Gasteiger partial charge is 0.514 e. The van der Waals surface area contributed by atoms with Gasteiger partial charge in [0.05, 0.1) is 6.61 Å². The van der Waals surface area contributed by atoms with Gasteiger partial charge >= 0.3 is 12.8 Å². The molecule has 1 aliphatic carbocycles. The maximum absolute atomic E-state index is 12.9. The number of aromatic nitrogens is 1. The topological polar surface area (TPSA) is 78.1 Å². The maximum Gasteiger partial charge on any atom is 0.514 e. The highest BCUT2D eigenvalue weighted by Crippen LogP contribution is 2.38. The summed E-state index contributed by atoms with van der Waals surface area (Å²) >= 11 is 12.5. The fourth-order valence-electron chi connectivity index (χ4n) is 3.40. The molecule has 4 rings (SSSR count). The monoisotopic (exact) mass is 540 g/mol. The van der Waals surface area contributed by atoms with Crippen LogP contribution in [0.5, 0.6) is 17.2 Å². The first-order chi connectivity index (χ1) is 17.3. The van der Waals surface area contributed by atoms with Gasteiger partial charge in [-0.25, -0.2) is 4.79 Å². The molecule has 0 saturated heterocycles. The molecule has 3 aromatic rings. The van der Waals surface area contributed by atoms with Crippen molar-refractivity contribution in [2.75, 3.05) is 6.61 Å². The lowest BCUT2D eigenvalue weighted by Crippen LogP contribution is -2.29. The number of carbonyl (C=O) groups excluding carboxylic acids is 1. The van der Waals surface area contributed by atoms with Gasteiger partial charge in [-0.1, -0.05) is 47.5 Å². The van der Waals surface area contributed by atoms with E-state index in [1.54, 1.807) is 30.3 Å². The average molecular weight is 541 g/mol. The van der Waals surface area contributed by atoms with E-state index in [4.69, 9.17) is 37.4 Å². The summed E-state index contributed by atoms with van der Waals surface area (Å²) in [6.07, 6.45) is 2.43. The minimum atomic E-state index is -3.04. The molecule has 7 nitrogen and oxygen atoms in total. The number of nitrogens with zero attached hydrogens (tertiary/aromatic N) is 1. The smallest absolute Gasteiger partial charge is 0.489 e. The van der Waals surface area contributed by atoms with Gasteiger partial charge in [-0.05, 0) is 48.6 Å². The summed E-state index contributed by atoms with van der Waals surface area (Å²) < 4.78 is 47.8. The van der Waals surface area contributed by atoms with Gasteiger partial charge in [0.1, 0.15) is 21.9 Å². The van der Waals surface area contributed by atoms with Crippen LogP contribution in [-0.4, -0.2) is 24.6 Å². The average Bonchev–Trinajstić information content (AvgIpc) is 3.65. The van der Waals surface area contributed by atoms with E-state index in [9.17, 15) is 18.8 Å². The van der Waals surface area contributed by atoms with Crippen LogP contribution in [0.2, 0.25) is 10.0 Å². The summed E-state index contributed by atoms with van der Waals surface area (Å²) in [5, 5.41) is 9.92. The lowest BCUT2D eigenvalue weighted by molar-refractivity contribution is -0.904. The van der Waals surface area contributed by atoms with Crippen molar-refractivity contribution in [2.45, 2.75) is 32.0 Å². The lowest BCUT2D eigenvalue weighted by Gasteiger charge is -2.21. The molecule has 0 bridgehead atoms. The summed E-state index contributed by atoms with van der Waals surface area (Å²) in [5.41, 5.74) is 0.787. The number of carbonyl (C=O) groups is 1. The van der Waals surface area contributed by atoms with Gasteiger partial charge in [0, 0.05) is 16.7 Å². The van der Waals surface area contributed by atoms with Crippen LogP contribution < -0.4 is 18.9 Å². The van der Waals surface area contributed by atoms with Gasteiger partial charge in [0.15, 0.2) is 11.5 Å². The van der Waals surface area contributed by atoms with E-state index in [1.807, 2.05) is 0 Å². The first-order valence-electron chi connectivity index (χ1n) is 11.0. The molecule has 1 aromatic heterocycles. The second-order valence-corrected chi connectivity index (χ2v) is 8.94. The first-order valence-corrected chi connectivity index (χ1v) is 11.8. The molecule has 11 heteroatoms. The van der Waals surface area contributed by atoms with Crippen LogP contribution in [0.3, 0.4) is 0 Å². The van der Waals surface area contributed by atoms with Crippen LogP contribution in [0, 0.1) is 5.92 Å². The van der Waals surface area contributed by atoms with Crippen molar-refractivity contribution in [3.63, 3.8) is 0 Å². The second kappa shape index (κ2) is 11.6. The van der Waals surface area contributed by atoms with Gasteiger partial charge in [0.25, 0.3) is 0 Å². The zero-order valence-corrected chi connectivity index (χ0v) is 20.3. The Balaban J connectivity index is 1.64. The highest BCUT2D eigenvalue weighted by atomic mass is 35.5. The highest BCUT2D eigenvalue weighted by molar-refractivity contribution is 6.35. The van der Waals surface area contributed by atoms with Crippen LogP contribution in [0.15, 0.2) is 60.9 Å². The van der Waals surface area contributed by atoms with Crippen molar-refractivity contribution < 1.29 is 42.5 Å². The molecule has 190 valence electrons. The van der Waals surface area contributed by atoms with Gasteiger partial charge in [-0.2, -0.15) is 8.78 Å². The number of para-hydroxylation sites is 1. The normalized spacial score (nSPS) is 13.8. The van der Waals surface area contributed by atoms with Crippen molar-refractivity contribution in [1.82, 2.24) is 0 Å². The van der Waals surface area contributed by atoms with Crippen molar-refractivity contribution in [3.8, 4) is 17.2 Å². The Morgan fingerprint density at radius 2 is 1.75 bits per heavy atom. The highest BCUT2D eigenvalue weighted by Gasteiger charge is 2.27. The molecule has 0 unspecified atom stereocenters. The molecule has 1 fully saturated rings. The summed E-state index contributed by atoms with van der Waals surface area (Å²) in [6, 6.07) is 12.6. The molecule has 1 saturated carbocycles. The third kappa shape index (κ3) is 7.11. The molecular weight excluding hydrogens is 519 g/mol. The summed E-state index contributed by atoms with van der Waals surface area (Å²) in [6.45, 7) is -2.70. The summed E-state index contributed by atoms with van der Waals surface area (Å²) in [4.78, 5) is 12.6. The zero-order valence-electron chi connectivity index (χ0n) is 18.8. The molecule has 36 heavy (non-hydrogen) atoms. The standard InChI is InChI=1S/C25H22Cl2F2NO6/c26-19-12-30(32)13-20(27)18(19)11-22(36-25(31)34-17-4-2-1-3-5-17)16-8-9-21(35-24(28)29)23(10-16)33-14-15-6-7-15/h1-5,8-10,12-13,15,22,24,32H,6-7,11,14H2/q+1/t22-/m0/s1. The Kier molecular flexibility index (Phi) is 8.32. The molecule has 0 radical (unpaired) electrons. The van der Waals surface area contributed by atoms with Gasteiger partial charge in [-0.15, -0.1) is 0 Å². The van der Waals surface area contributed by atoms with Crippen LogP contribution in [0.1, 0.15) is 30.1 Å². The third-order valence-corrected chi connectivity index (χ3v) is 6.02. The van der Waals surface area contributed by atoms with E-state index in [1.165, 1.54) is 30.6 Å². The number of hydrogen-bond donors (Lipinski definition) is 1. The molecule has 0 aliphatic heterocycles. The minimum Gasteiger partial charge on any atom is -0.489 e. The Morgan fingerprint density at radius 3 is 2.39 bits per heavy atom. The summed E-state index contributed by atoms with van der Waals surface area (Å²) in [5.74, 6) is 0.570. The Morgan fingerprint density at radius 1 is 1.06 bits per heavy atom. The SMILES string of the molecule is O=C(Oc1ccccc1)O[C@@H](Cc1c(Cl)c[n+](O)cc1Cl)c1ccc(OC(F)F)c(OCC2CC2)c1. The fraction of sp³-hybridized carbons (Fsp3) is 0.280. The van der Waals surface area contributed by atoms with E-state index in [0.29, 0.717) is 28.4 Å². The number of hydrogen-bond acceptors (Lipinski definition) is 6. The van der Waals surface area contributed by atoms with E-state index < -0.39 is 18.9 Å². The fourth-order valence-corrected chi connectivity index (χ4v) is 4.00. The van der Waals surface area contributed by atoms with Gasteiger partial charge < -0.3 is 18.9 Å².